The van der Waals surface area contributed by atoms with E-state index in [1.165, 1.54) is 0 Å². The molecule has 0 aliphatic carbocycles. The van der Waals surface area contributed by atoms with E-state index < -0.39 is 5.41 Å². The molecular weight excluding hydrogens is 352 g/mol. The Balaban J connectivity index is 2.20. The molecule has 1 N–H and O–H groups in total. The molecule has 28 heavy (non-hydrogen) atoms. The van der Waals surface area contributed by atoms with Gasteiger partial charge in [-0.25, -0.2) is 0 Å². The van der Waals surface area contributed by atoms with Crippen LogP contribution in [0, 0.1) is 10.8 Å². The molecule has 0 bridgehead atoms. The van der Waals surface area contributed by atoms with Crippen molar-refractivity contribution in [3.63, 3.8) is 0 Å². The van der Waals surface area contributed by atoms with Gasteiger partial charge >= 0.3 is 5.97 Å². The predicted molar refractivity (Wildman–Crippen MR) is 113 cm³/mol. The highest BCUT2D eigenvalue weighted by atomic mass is 16.5. The van der Waals surface area contributed by atoms with Crippen molar-refractivity contribution in [2.75, 3.05) is 0 Å². The molecule has 0 amide bonds. The number of carbonyl (C=O) groups excluding carboxylic acids is 2. The Morgan fingerprint density at radius 1 is 0.893 bits per heavy atom. The van der Waals surface area contributed by atoms with Crippen LogP contribution in [-0.4, -0.2) is 23.0 Å². The number of rotatable bonds is 13. The Hall–Kier alpha value is -1.68. The maximum atomic E-state index is 12.4. The summed E-state index contributed by atoms with van der Waals surface area (Å²) in [6.45, 7) is 9.43. The molecule has 158 valence electrons. The van der Waals surface area contributed by atoms with Gasteiger partial charge in [0, 0.05) is 5.41 Å². The van der Waals surface area contributed by atoms with E-state index in [-0.39, 0.29) is 23.3 Å². The third-order valence-corrected chi connectivity index (χ3v) is 5.64. The van der Waals surface area contributed by atoms with E-state index in [1.54, 1.807) is 19.1 Å². The molecule has 0 aromatic heterocycles. The smallest absolute Gasteiger partial charge is 0.316 e. The number of benzene rings is 1. The summed E-state index contributed by atoms with van der Waals surface area (Å²) in [5, 5.41) is 10.2. The minimum atomic E-state index is -0.543. The van der Waals surface area contributed by atoms with Gasteiger partial charge < -0.3 is 9.84 Å². The fourth-order valence-electron chi connectivity index (χ4n) is 3.05. The lowest BCUT2D eigenvalue weighted by Gasteiger charge is -2.22. The molecule has 0 heterocycles. The van der Waals surface area contributed by atoms with Crippen molar-refractivity contribution in [1.82, 2.24) is 0 Å². The van der Waals surface area contributed by atoms with Crippen LogP contribution in [0.2, 0.25) is 0 Å². The molecule has 4 nitrogen and oxygen atoms in total. The molecule has 0 fully saturated rings. The van der Waals surface area contributed by atoms with E-state index in [4.69, 9.17) is 4.74 Å². The lowest BCUT2D eigenvalue weighted by Crippen LogP contribution is -2.29. The molecule has 0 spiro atoms. The maximum absolute atomic E-state index is 12.4. The van der Waals surface area contributed by atoms with E-state index in [2.05, 4.69) is 0 Å². The zero-order chi connectivity index (χ0) is 21.2. The summed E-state index contributed by atoms with van der Waals surface area (Å²) in [6.07, 6.45) is 6.49. The zero-order valence-corrected chi connectivity index (χ0v) is 18.3. The number of unbranched alkanes of at least 4 members (excludes halogenated alkanes) is 2. The second-order valence-corrected chi connectivity index (χ2v) is 9.17. The molecule has 0 saturated carbocycles. The number of ketones is 1. The highest BCUT2D eigenvalue weighted by Gasteiger charge is 2.29. The quantitative estimate of drug-likeness (QED) is 0.266. The first-order chi connectivity index (χ1) is 13.0. The van der Waals surface area contributed by atoms with Gasteiger partial charge in [-0.3, -0.25) is 9.59 Å². The standard InChI is InChI=1S/C24H38O4/c1-19(25)23(2,3)17-11-9-13-20(26)14-10-12-18-24(4,5)22(27)28-21-15-7-6-8-16-21/h6-8,15-16,20,26H,9-14,17-18H2,1-5H3. The molecule has 0 aliphatic heterocycles. The van der Waals surface area contributed by atoms with E-state index in [1.807, 2.05) is 45.9 Å². The number of ether oxygens (including phenoxy) is 1. The van der Waals surface area contributed by atoms with Crippen molar-refractivity contribution >= 4 is 11.8 Å². The minimum Gasteiger partial charge on any atom is -0.426 e. The van der Waals surface area contributed by atoms with Crippen LogP contribution in [0.4, 0.5) is 0 Å². The molecular formula is C24H38O4. The third kappa shape index (κ3) is 9.01. The van der Waals surface area contributed by atoms with Crippen LogP contribution in [0.1, 0.15) is 86.0 Å². The average molecular weight is 391 g/mol. The van der Waals surface area contributed by atoms with Gasteiger partial charge in [0.1, 0.15) is 11.5 Å². The first-order valence-corrected chi connectivity index (χ1v) is 10.5. The van der Waals surface area contributed by atoms with E-state index >= 15 is 0 Å². The lowest BCUT2D eigenvalue weighted by atomic mass is 9.83. The van der Waals surface area contributed by atoms with Crippen molar-refractivity contribution in [2.45, 2.75) is 92.1 Å². The molecule has 4 heteroatoms. The Kier molecular flexibility index (Phi) is 9.88. The van der Waals surface area contributed by atoms with Gasteiger partial charge in [-0.15, -0.1) is 0 Å². The Labute approximate surface area is 170 Å². The summed E-state index contributed by atoms with van der Waals surface area (Å²) in [5.41, 5.74) is -0.802. The average Bonchev–Trinajstić information content (AvgIpc) is 2.63. The van der Waals surface area contributed by atoms with Gasteiger partial charge in [0.2, 0.25) is 0 Å². The highest BCUT2D eigenvalue weighted by Crippen LogP contribution is 2.28. The van der Waals surface area contributed by atoms with Crippen LogP contribution < -0.4 is 4.74 Å². The van der Waals surface area contributed by atoms with Crippen molar-refractivity contribution in [2.24, 2.45) is 10.8 Å². The first kappa shape index (κ1) is 24.4. The highest BCUT2D eigenvalue weighted by molar-refractivity contribution is 5.81. The van der Waals surface area contributed by atoms with Gasteiger partial charge in [0.15, 0.2) is 0 Å². The van der Waals surface area contributed by atoms with Crippen LogP contribution in [0.15, 0.2) is 30.3 Å². The normalized spacial score (nSPS) is 13.2. The van der Waals surface area contributed by atoms with Gasteiger partial charge in [-0.1, -0.05) is 57.7 Å². The van der Waals surface area contributed by atoms with Crippen molar-refractivity contribution in [1.29, 1.82) is 0 Å². The van der Waals surface area contributed by atoms with E-state index in [0.29, 0.717) is 5.75 Å². The summed E-state index contributed by atoms with van der Waals surface area (Å²) in [5.74, 6) is 0.581. The fourth-order valence-corrected chi connectivity index (χ4v) is 3.05. The number of esters is 1. The molecule has 0 aliphatic rings. The summed E-state index contributed by atoms with van der Waals surface area (Å²) < 4.78 is 5.45. The SMILES string of the molecule is CC(=O)C(C)(C)CCCCC(O)CCCCC(C)(C)C(=O)Oc1ccccc1. The molecule has 0 saturated heterocycles. The molecule has 1 rings (SSSR count). The maximum Gasteiger partial charge on any atom is 0.316 e. The number of hydrogen-bond donors (Lipinski definition) is 1. The Morgan fingerprint density at radius 2 is 1.39 bits per heavy atom. The second-order valence-electron chi connectivity index (χ2n) is 9.17. The van der Waals surface area contributed by atoms with Gasteiger partial charge in [0.05, 0.1) is 11.5 Å². The zero-order valence-electron chi connectivity index (χ0n) is 18.3. The summed E-state index contributed by atoms with van der Waals surface area (Å²) in [4.78, 5) is 23.9. The minimum absolute atomic E-state index is 0.215. The second kappa shape index (κ2) is 11.4. The van der Waals surface area contributed by atoms with Crippen molar-refractivity contribution in [3.8, 4) is 5.75 Å². The number of hydrogen-bond acceptors (Lipinski definition) is 4. The van der Waals surface area contributed by atoms with Crippen LogP contribution in [0.3, 0.4) is 0 Å². The monoisotopic (exact) mass is 390 g/mol. The van der Waals surface area contributed by atoms with Crippen LogP contribution in [0.25, 0.3) is 0 Å². The molecule has 1 aromatic carbocycles. The number of aliphatic hydroxyl groups is 1. The largest absolute Gasteiger partial charge is 0.426 e. The van der Waals surface area contributed by atoms with Gasteiger partial charge in [0.25, 0.3) is 0 Å². The number of carbonyl (C=O) groups is 2. The molecule has 0 radical (unpaired) electrons. The molecule has 1 unspecified atom stereocenters. The number of Topliss-reactive ketones (excluding diaryl/α,β-unsaturated/α-hetero) is 1. The molecule has 1 atom stereocenters. The van der Waals surface area contributed by atoms with Crippen molar-refractivity contribution < 1.29 is 19.4 Å². The number of para-hydroxylation sites is 1. The van der Waals surface area contributed by atoms with Crippen LogP contribution in [-0.2, 0) is 9.59 Å². The Morgan fingerprint density at radius 3 is 1.89 bits per heavy atom. The van der Waals surface area contributed by atoms with Crippen LogP contribution >= 0.6 is 0 Å². The van der Waals surface area contributed by atoms with Crippen molar-refractivity contribution in [3.05, 3.63) is 30.3 Å². The third-order valence-electron chi connectivity index (χ3n) is 5.64. The predicted octanol–water partition coefficient (Wildman–Crippen LogP) is 5.72. The summed E-state index contributed by atoms with van der Waals surface area (Å²) in [6, 6.07) is 9.14. The first-order valence-electron chi connectivity index (χ1n) is 10.5. The lowest BCUT2D eigenvalue weighted by molar-refractivity contribution is -0.144. The summed E-state index contributed by atoms with van der Waals surface area (Å²) >= 11 is 0. The van der Waals surface area contributed by atoms with Crippen LogP contribution in [0.5, 0.6) is 5.75 Å². The topological polar surface area (TPSA) is 63.6 Å². The van der Waals surface area contributed by atoms with Gasteiger partial charge in [-0.2, -0.15) is 0 Å². The molecule has 1 aromatic rings. The number of aliphatic hydroxyl groups excluding tert-OH is 1. The van der Waals surface area contributed by atoms with E-state index in [9.17, 15) is 14.7 Å². The fraction of sp³-hybridized carbons (Fsp3) is 0.667. The van der Waals surface area contributed by atoms with Gasteiger partial charge in [-0.05, 0) is 58.6 Å². The van der Waals surface area contributed by atoms with E-state index in [0.717, 1.165) is 51.4 Å². The summed E-state index contributed by atoms with van der Waals surface area (Å²) in [7, 11) is 0. The Bertz CT molecular complexity index is 604.